The lowest BCUT2D eigenvalue weighted by atomic mass is 10.1. The number of carbonyl (C=O) groups is 1. The minimum atomic E-state index is -3.54. The van der Waals surface area contributed by atoms with Crippen LogP contribution in [0, 0.1) is 5.92 Å². The van der Waals surface area contributed by atoms with Crippen molar-refractivity contribution in [2.45, 2.75) is 13.0 Å². The van der Waals surface area contributed by atoms with E-state index in [-0.39, 0.29) is 24.0 Å². The lowest BCUT2D eigenvalue weighted by Gasteiger charge is -2.16. The molecular weight excluding hydrogens is 290 g/mol. The van der Waals surface area contributed by atoms with Gasteiger partial charge in [0.25, 0.3) is 0 Å². The lowest BCUT2D eigenvalue weighted by Crippen LogP contribution is -2.27. The Labute approximate surface area is 116 Å². The molecule has 1 atom stereocenters. The number of carbonyl (C=O) groups excluding carboxylic acids is 1. The van der Waals surface area contributed by atoms with Crippen molar-refractivity contribution in [3.05, 3.63) is 29.0 Å². The van der Waals surface area contributed by atoms with Gasteiger partial charge in [0.2, 0.25) is 15.9 Å². The second kappa shape index (κ2) is 5.44. The predicted molar refractivity (Wildman–Crippen MR) is 70.7 cm³/mol. The quantitative estimate of drug-likeness (QED) is 0.813. The van der Waals surface area contributed by atoms with Gasteiger partial charge in [-0.2, -0.15) is 0 Å². The summed E-state index contributed by atoms with van der Waals surface area (Å²) in [6.07, 6.45) is 1.82. The molecule has 0 spiro atoms. The second-order valence-electron chi connectivity index (χ2n) is 4.66. The second-order valence-corrected chi connectivity index (χ2v) is 6.71. The SMILES string of the molecule is NS(=O)(=O)CC1CC(=O)N(Cc2ccc(Cl)nc2)C1. The Bertz CT molecular complexity index is 573. The van der Waals surface area contributed by atoms with Gasteiger partial charge in [0.1, 0.15) is 5.15 Å². The fraction of sp³-hybridized carbons (Fsp3) is 0.455. The van der Waals surface area contributed by atoms with Crippen LogP contribution in [0.25, 0.3) is 0 Å². The summed E-state index contributed by atoms with van der Waals surface area (Å²) in [4.78, 5) is 17.3. The van der Waals surface area contributed by atoms with Gasteiger partial charge in [0.05, 0.1) is 5.75 Å². The molecule has 0 bridgehead atoms. The fourth-order valence-electron chi connectivity index (χ4n) is 2.17. The summed E-state index contributed by atoms with van der Waals surface area (Å²) in [7, 11) is -3.54. The van der Waals surface area contributed by atoms with Crippen LogP contribution in [0.5, 0.6) is 0 Å². The third-order valence-corrected chi connectivity index (χ3v) is 4.08. The summed E-state index contributed by atoms with van der Waals surface area (Å²) >= 11 is 5.68. The van der Waals surface area contributed by atoms with Crippen LogP contribution in [0.4, 0.5) is 0 Å². The largest absolute Gasteiger partial charge is 0.338 e. The van der Waals surface area contributed by atoms with Gasteiger partial charge >= 0.3 is 0 Å². The number of halogens is 1. The Morgan fingerprint density at radius 2 is 2.21 bits per heavy atom. The maximum absolute atomic E-state index is 11.8. The van der Waals surface area contributed by atoms with Gasteiger partial charge in [-0.25, -0.2) is 18.5 Å². The van der Waals surface area contributed by atoms with Crippen molar-refractivity contribution in [3.8, 4) is 0 Å². The molecule has 2 rings (SSSR count). The number of nitrogens with zero attached hydrogens (tertiary/aromatic N) is 2. The van der Waals surface area contributed by atoms with Gasteiger partial charge in [-0.15, -0.1) is 0 Å². The van der Waals surface area contributed by atoms with Gasteiger partial charge in [-0.3, -0.25) is 4.79 Å². The molecule has 104 valence electrons. The summed E-state index contributed by atoms with van der Waals surface area (Å²) in [6.45, 7) is 0.808. The monoisotopic (exact) mass is 303 g/mol. The van der Waals surface area contributed by atoms with E-state index in [1.54, 1.807) is 23.2 Å². The van der Waals surface area contributed by atoms with Crippen molar-refractivity contribution in [3.63, 3.8) is 0 Å². The highest BCUT2D eigenvalue weighted by atomic mass is 35.5. The van der Waals surface area contributed by atoms with Crippen LogP contribution in [0.2, 0.25) is 5.15 Å². The zero-order valence-electron chi connectivity index (χ0n) is 10.1. The first-order valence-corrected chi connectivity index (χ1v) is 7.81. The number of likely N-dealkylation sites (tertiary alicyclic amines) is 1. The van der Waals surface area contributed by atoms with Crippen molar-refractivity contribution in [1.82, 2.24) is 9.88 Å². The van der Waals surface area contributed by atoms with E-state index >= 15 is 0 Å². The molecule has 1 amide bonds. The Morgan fingerprint density at radius 3 is 2.79 bits per heavy atom. The molecule has 0 aliphatic carbocycles. The van der Waals surface area contributed by atoms with Crippen molar-refractivity contribution in [2.75, 3.05) is 12.3 Å². The molecule has 8 heteroatoms. The number of nitrogens with two attached hydrogens (primary N) is 1. The average Bonchev–Trinajstić information content (AvgIpc) is 2.60. The first-order chi connectivity index (χ1) is 8.83. The zero-order chi connectivity index (χ0) is 14.0. The van der Waals surface area contributed by atoms with Crippen molar-refractivity contribution < 1.29 is 13.2 Å². The van der Waals surface area contributed by atoms with Crippen molar-refractivity contribution in [1.29, 1.82) is 0 Å². The number of aromatic nitrogens is 1. The highest BCUT2D eigenvalue weighted by Gasteiger charge is 2.31. The number of hydrogen-bond donors (Lipinski definition) is 1. The van der Waals surface area contributed by atoms with E-state index in [0.717, 1.165) is 5.56 Å². The van der Waals surface area contributed by atoms with Crippen LogP contribution in [0.15, 0.2) is 18.3 Å². The molecule has 6 nitrogen and oxygen atoms in total. The summed E-state index contributed by atoms with van der Waals surface area (Å²) in [6, 6.07) is 3.44. The number of rotatable bonds is 4. The Hall–Kier alpha value is -1.18. The van der Waals surface area contributed by atoms with E-state index in [1.807, 2.05) is 0 Å². The van der Waals surface area contributed by atoms with Crippen LogP contribution in [0.1, 0.15) is 12.0 Å². The van der Waals surface area contributed by atoms with E-state index in [2.05, 4.69) is 4.98 Å². The van der Waals surface area contributed by atoms with Gasteiger partial charge < -0.3 is 4.90 Å². The first-order valence-electron chi connectivity index (χ1n) is 5.72. The van der Waals surface area contributed by atoms with Gasteiger partial charge in [0.15, 0.2) is 0 Å². The molecule has 1 aromatic heterocycles. The maximum atomic E-state index is 11.8. The number of pyridine rings is 1. The molecule has 1 aromatic rings. The molecule has 1 fully saturated rings. The third-order valence-electron chi connectivity index (χ3n) is 2.92. The first kappa shape index (κ1) is 14.2. The minimum absolute atomic E-state index is 0.0661. The van der Waals surface area contributed by atoms with Crippen LogP contribution < -0.4 is 5.14 Å². The molecule has 1 saturated heterocycles. The zero-order valence-corrected chi connectivity index (χ0v) is 11.7. The number of hydrogen-bond acceptors (Lipinski definition) is 4. The molecule has 0 aromatic carbocycles. The molecule has 0 radical (unpaired) electrons. The number of sulfonamides is 1. The molecule has 1 aliphatic rings. The lowest BCUT2D eigenvalue weighted by molar-refractivity contribution is -0.128. The highest BCUT2D eigenvalue weighted by Crippen LogP contribution is 2.21. The molecule has 0 saturated carbocycles. The third kappa shape index (κ3) is 4.15. The Kier molecular flexibility index (Phi) is 4.07. The Morgan fingerprint density at radius 1 is 1.47 bits per heavy atom. The van der Waals surface area contributed by atoms with Crippen LogP contribution in [-0.2, 0) is 21.4 Å². The maximum Gasteiger partial charge on any atom is 0.223 e. The van der Waals surface area contributed by atoms with Crippen molar-refractivity contribution in [2.24, 2.45) is 11.1 Å². The van der Waals surface area contributed by atoms with E-state index in [4.69, 9.17) is 16.7 Å². The molecule has 2 N–H and O–H groups in total. The van der Waals surface area contributed by atoms with Crippen LogP contribution >= 0.6 is 11.6 Å². The summed E-state index contributed by atoms with van der Waals surface area (Å²) < 4.78 is 22.0. The van der Waals surface area contributed by atoms with Gasteiger partial charge in [-0.05, 0) is 11.6 Å². The number of amides is 1. The normalized spacial score (nSPS) is 20.0. The van der Waals surface area contributed by atoms with Crippen molar-refractivity contribution >= 4 is 27.5 Å². The standard InChI is InChI=1S/C11H14ClN3O3S/c12-10-2-1-8(4-14-10)5-15-6-9(3-11(15)16)7-19(13,17)18/h1-2,4,9H,3,5-7H2,(H2,13,17,18). The van der Waals surface area contributed by atoms with Crippen LogP contribution in [0.3, 0.4) is 0 Å². The fourth-order valence-corrected chi connectivity index (χ4v) is 3.16. The van der Waals surface area contributed by atoms with Gasteiger partial charge in [0, 0.05) is 31.6 Å². The topological polar surface area (TPSA) is 93.4 Å². The average molecular weight is 304 g/mol. The van der Waals surface area contributed by atoms with E-state index < -0.39 is 10.0 Å². The molecule has 2 heterocycles. The van der Waals surface area contributed by atoms with E-state index in [0.29, 0.717) is 18.2 Å². The molecule has 1 unspecified atom stereocenters. The molecular formula is C11H14ClN3O3S. The molecule has 19 heavy (non-hydrogen) atoms. The van der Waals surface area contributed by atoms with E-state index in [1.165, 1.54) is 0 Å². The minimum Gasteiger partial charge on any atom is -0.338 e. The van der Waals surface area contributed by atoms with Gasteiger partial charge in [-0.1, -0.05) is 17.7 Å². The number of primary sulfonamides is 1. The highest BCUT2D eigenvalue weighted by molar-refractivity contribution is 7.89. The smallest absolute Gasteiger partial charge is 0.223 e. The predicted octanol–water partition coefficient (Wildman–Crippen LogP) is 0.372. The molecule has 1 aliphatic heterocycles. The van der Waals surface area contributed by atoms with Crippen LogP contribution in [-0.4, -0.2) is 36.5 Å². The summed E-state index contributed by atoms with van der Waals surface area (Å²) in [5.41, 5.74) is 0.856. The van der Waals surface area contributed by atoms with E-state index in [9.17, 15) is 13.2 Å². The summed E-state index contributed by atoms with van der Waals surface area (Å²) in [5.74, 6) is -0.458. The Balaban J connectivity index is 1.98. The summed E-state index contributed by atoms with van der Waals surface area (Å²) in [5, 5.41) is 5.39.